The second kappa shape index (κ2) is 7.57. The maximum absolute atomic E-state index is 5.99. The zero-order valence-corrected chi connectivity index (χ0v) is 12.4. The summed E-state index contributed by atoms with van der Waals surface area (Å²) in [5.74, 6) is 2.93. The van der Waals surface area contributed by atoms with E-state index in [1.165, 1.54) is 4.90 Å². The molecule has 0 aliphatic carbocycles. The van der Waals surface area contributed by atoms with Gasteiger partial charge in [-0.3, -0.25) is 0 Å². The van der Waals surface area contributed by atoms with Gasteiger partial charge in [-0.2, -0.15) is 16.7 Å². The standard InChI is InChI=1S/C13H17N3OS2/c1-18-8-7-11(14)13-15-12(16-17-13)9-19-10-5-3-2-4-6-10/h2-6,11H,7-9,14H2,1H3/t11-/m1/s1. The molecule has 1 aromatic carbocycles. The molecule has 2 N–H and O–H groups in total. The van der Waals surface area contributed by atoms with Crippen LogP contribution < -0.4 is 5.73 Å². The van der Waals surface area contributed by atoms with Crippen LogP contribution in [0.5, 0.6) is 0 Å². The Kier molecular flexibility index (Phi) is 5.75. The average molecular weight is 295 g/mol. The van der Waals surface area contributed by atoms with Gasteiger partial charge in [0.05, 0.1) is 11.8 Å². The molecule has 0 spiro atoms. The van der Waals surface area contributed by atoms with E-state index >= 15 is 0 Å². The Bertz CT molecular complexity index is 490. The Morgan fingerprint density at radius 2 is 2.11 bits per heavy atom. The van der Waals surface area contributed by atoms with Gasteiger partial charge in [0.2, 0.25) is 5.89 Å². The summed E-state index contributed by atoms with van der Waals surface area (Å²) in [7, 11) is 0. The molecule has 4 nitrogen and oxygen atoms in total. The molecule has 2 aromatic rings. The maximum atomic E-state index is 5.99. The number of nitrogens with two attached hydrogens (primary N) is 1. The molecule has 19 heavy (non-hydrogen) atoms. The first-order chi connectivity index (χ1) is 9.29. The SMILES string of the molecule is CSCC[C@@H](N)c1nc(CSc2ccccc2)no1. The Hall–Kier alpha value is -0.980. The summed E-state index contributed by atoms with van der Waals surface area (Å²) in [6.07, 6.45) is 2.91. The molecule has 102 valence electrons. The number of hydrogen-bond donors (Lipinski definition) is 1. The van der Waals surface area contributed by atoms with Gasteiger partial charge >= 0.3 is 0 Å². The lowest BCUT2D eigenvalue weighted by Gasteiger charge is -2.03. The van der Waals surface area contributed by atoms with E-state index in [9.17, 15) is 0 Å². The van der Waals surface area contributed by atoms with Crippen LogP contribution in [0.4, 0.5) is 0 Å². The number of aromatic nitrogens is 2. The van der Waals surface area contributed by atoms with Gasteiger partial charge in [-0.05, 0) is 30.6 Å². The minimum atomic E-state index is -0.157. The first kappa shape index (κ1) is 14.4. The minimum Gasteiger partial charge on any atom is -0.338 e. The van der Waals surface area contributed by atoms with Crippen LogP contribution in [0.1, 0.15) is 24.2 Å². The Morgan fingerprint density at radius 3 is 2.84 bits per heavy atom. The summed E-state index contributed by atoms with van der Waals surface area (Å²) in [5, 5.41) is 3.97. The Morgan fingerprint density at radius 1 is 1.32 bits per heavy atom. The molecule has 1 heterocycles. The highest BCUT2D eigenvalue weighted by Gasteiger charge is 2.14. The second-order valence-electron chi connectivity index (χ2n) is 4.04. The molecule has 0 bridgehead atoms. The van der Waals surface area contributed by atoms with Crippen molar-refractivity contribution in [2.24, 2.45) is 5.73 Å². The van der Waals surface area contributed by atoms with Gasteiger partial charge in [0.1, 0.15) is 0 Å². The Balaban J connectivity index is 1.87. The van der Waals surface area contributed by atoms with Gasteiger partial charge in [-0.1, -0.05) is 23.4 Å². The van der Waals surface area contributed by atoms with E-state index in [0.717, 1.165) is 12.2 Å². The quantitative estimate of drug-likeness (QED) is 0.792. The fourth-order valence-electron chi connectivity index (χ4n) is 1.51. The summed E-state index contributed by atoms with van der Waals surface area (Å²) >= 11 is 3.45. The smallest absolute Gasteiger partial charge is 0.243 e. The lowest BCUT2D eigenvalue weighted by Crippen LogP contribution is -2.11. The van der Waals surface area contributed by atoms with Crippen molar-refractivity contribution in [2.45, 2.75) is 23.1 Å². The zero-order chi connectivity index (χ0) is 13.5. The van der Waals surface area contributed by atoms with Crippen LogP contribution in [0, 0.1) is 0 Å². The molecule has 1 aromatic heterocycles. The molecular formula is C13H17N3OS2. The van der Waals surface area contributed by atoms with Crippen molar-refractivity contribution in [1.82, 2.24) is 10.1 Å². The predicted octanol–water partition coefficient (Wildman–Crippen LogP) is 3.11. The van der Waals surface area contributed by atoms with Crippen molar-refractivity contribution < 1.29 is 4.52 Å². The van der Waals surface area contributed by atoms with Gasteiger partial charge in [0.25, 0.3) is 0 Å². The topological polar surface area (TPSA) is 64.9 Å². The van der Waals surface area contributed by atoms with E-state index in [1.807, 2.05) is 18.2 Å². The van der Waals surface area contributed by atoms with Crippen LogP contribution in [-0.2, 0) is 5.75 Å². The van der Waals surface area contributed by atoms with Crippen LogP contribution in [0.3, 0.4) is 0 Å². The molecule has 0 fully saturated rings. The van der Waals surface area contributed by atoms with E-state index < -0.39 is 0 Å². The zero-order valence-electron chi connectivity index (χ0n) is 10.8. The minimum absolute atomic E-state index is 0.157. The highest BCUT2D eigenvalue weighted by Crippen LogP contribution is 2.22. The van der Waals surface area contributed by atoms with Crippen molar-refractivity contribution in [3.05, 3.63) is 42.0 Å². The van der Waals surface area contributed by atoms with E-state index in [4.69, 9.17) is 10.3 Å². The van der Waals surface area contributed by atoms with Crippen LogP contribution in [0.2, 0.25) is 0 Å². The fourth-order valence-corrected chi connectivity index (χ4v) is 2.76. The van der Waals surface area contributed by atoms with Crippen molar-refractivity contribution >= 4 is 23.5 Å². The third kappa shape index (κ3) is 4.56. The molecule has 0 aliphatic heterocycles. The molecule has 0 saturated heterocycles. The van der Waals surface area contributed by atoms with Gasteiger partial charge < -0.3 is 10.3 Å². The summed E-state index contributed by atoms with van der Waals surface area (Å²) < 4.78 is 5.20. The highest BCUT2D eigenvalue weighted by molar-refractivity contribution is 7.98. The van der Waals surface area contributed by atoms with Crippen molar-refractivity contribution in [1.29, 1.82) is 0 Å². The third-order valence-electron chi connectivity index (χ3n) is 2.55. The van der Waals surface area contributed by atoms with E-state index in [1.54, 1.807) is 23.5 Å². The van der Waals surface area contributed by atoms with Gasteiger partial charge in [-0.15, -0.1) is 11.8 Å². The second-order valence-corrected chi connectivity index (χ2v) is 6.07. The first-order valence-electron chi connectivity index (χ1n) is 6.04. The van der Waals surface area contributed by atoms with E-state index in [2.05, 4.69) is 28.5 Å². The summed E-state index contributed by atoms with van der Waals surface area (Å²) in [6.45, 7) is 0. The van der Waals surface area contributed by atoms with E-state index in [-0.39, 0.29) is 6.04 Å². The predicted molar refractivity (Wildman–Crippen MR) is 80.2 cm³/mol. The third-order valence-corrected chi connectivity index (χ3v) is 4.20. The van der Waals surface area contributed by atoms with Crippen LogP contribution >= 0.6 is 23.5 Å². The van der Waals surface area contributed by atoms with Crippen LogP contribution in [0.15, 0.2) is 39.8 Å². The number of rotatable bonds is 7. The Labute approximate surface area is 121 Å². The summed E-state index contributed by atoms with van der Waals surface area (Å²) in [4.78, 5) is 5.54. The molecule has 0 aliphatic rings. The number of hydrogen-bond acceptors (Lipinski definition) is 6. The highest BCUT2D eigenvalue weighted by atomic mass is 32.2. The molecule has 6 heteroatoms. The fraction of sp³-hybridized carbons (Fsp3) is 0.385. The summed E-state index contributed by atoms with van der Waals surface area (Å²) in [5.41, 5.74) is 5.99. The number of nitrogens with zero attached hydrogens (tertiary/aromatic N) is 2. The molecule has 0 saturated carbocycles. The van der Waals surface area contributed by atoms with E-state index in [0.29, 0.717) is 17.5 Å². The largest absolute Gasteiger partial charge is 0.338 e. The lowest BCUT2D eigenvalue weighted by molar-refractivity contribution is 0.350. The summed E-state index contributed by atoms with van der Waals surface area (Å²) in [6, 6.07) is 10.0. The van der Waals surface area contributed by atoms with Crippen molar-refractivity contribution in [3.8, 4) is 0 Å². The lowest BCUT2D eigenvalue weighted by atomic mass is 10.2. The molecule has 1 atom stereocenters. The van der Waals surface area contributed by atoms with Crippen molar-refractivity contribution in [2.75, 3.05) is 12.0 Å². The number of benzene rings is 1. The molecule has 2 rings (SSSR count). The monoisotopic (exact) mass is 295 g/mol. The first-order valence-corrected chi connectivity index (χ1v) is 8.42. The maximum Gasteiger partial charge on any atom is 0.243 e. The van der Waals surface area contributed by atoms with Gasteiger partial charge in [-0.25, -0.2) is 0 Å². The van der Waals surface area contributed by atoms with Gasteiger partial charge in [0.15, 0.2) is 5.82 Å². The van der Waals surface area contributed by atoms with Gasteiger partial charge in [0, 0.05) is 4.90 Å². The van der Waals surface area contributed by atoms with Crippen LogP contribution in [0.25, 0.3) is 0 Å². The van der Waals surface area contributed by atoms with Crippen LogP contribution in [-0.4, -0.2) is 22.1 Å². The average Bonchev–Trinajstić information content (AvgIpc) is 2.92. The van der Waals surface area contributed by atoms with Crippen molar-refractivity contribution in [3.63, 3.8) is 0 Å². The molecule has 0 unspecified atom stereocenters. The molecule has 0 radical (unpaired) electrons. The molecule has 0 amide bonds. The molecular weight excluding hydrogens is 278 g/mol. The normalized spacial score (nSPS) is 12.5. The number of thioether (sulfide) groups is 2.